The molecule has 2 aliphatic rings. The summed E-state index contributed by atoms with van der Waals surface area (Å²) in [4.78, 5) is 34.0. The van der Waals surface area contributed by atoms with Gasteiger partial charge in [-0.15, -0.1) is 0 Å². The van der Waals surface area contributed by atoms with E-state index >= 15 is 0 Å². The zero-order valence-electron chi connectivity index (χ0n) is 22.6. The molecule has 0 bridgehead atoms. The van der Waals surface area contributed by atoms with Crippen molar-refractivity contribution in [3.05, 3.63) is 51.9 Å². The van der Waals surface area contributed by atoms with Crippen LogP contribution in [-0.4, -0.2) is 71.5 Å². The van der Waals surface area contributed by atoms with Gasteiger partial charge in [-0.3, -0.25) is 9.59 Å². The molecule has 1 amide bonds. The van der Waals surface area contributed by atoms with Crippen molar-refractivity contribution in [1.82, 2.24) is 14.8 Å². The number of carbonyl (C=O) groups is 2. The van der Waals surface area contributed by atoms with E-state index in [1.54, 1.807) is 12.0 Å². The van der Waals surface area contributed by atoms with Gasteiger partial charge in [0.1, 0.15) is 5.76 Å². The zero-order chi connectivity index (χ0) is 26.7. The van der Waals surface area contributed by atoms with Gasteiger partial charge in [0.15, 0.2) is 11.5 Å². The zero-order valence-corrected chi connectivity index (χ0v) is 22.6. The molecule has 8 heteroatoms. The van der Waals surface area contributed by atoms with E-state index in [-0.39, 0.29) is 11.3 Å². The van der Waals surface area contributed by atoms with Crippen LogP contribution in [0.2, 0.25) is 0 Å². The first-order chi connectivity index (χ1) is 17.8. The van der Waals surface area contributed by atoms with Crippen LogP contribution in [0.3, 0.4) is 0 Å². The fraction of sp³-hybridized carbons (Fsp3) is 0.517. The van der Waals surface area contributed by atoms with Gasteiger partial charge < -0.3 is 29.4 Å². The number of ketones is 1. The van der Waals surface area contributed by atoms with E-state index in [1.807, 2.05) is 45.9 Å². The van der Waals surface area contributed by atoms with Crippen molar-refractivity contribution in [2.24, 2.45) is 0 Å². The Morgan fingerprint density at radius 2 is 1.78 bits per heavy atom. The number of likely N-dealkylation sites (tertiary alicyclic amines) is 2. The number of H-pyrrole nitrogens is 1. The van der Waals surface area contributed by atoms with Crippen molar-refractivity contribution < 1.29 is 24.2 Å². The van der Waals surface area contributed by atoms with Crippen LogP contribution in [-0.2, 0) is 9.59 Å². The van der Waals surface area contributed by atoms with Crippen molar-refractivity contribution in [1.29, 1.82) is 0 Å². The minimum absolute atomic E-state index is 0.109. The lowest BCUT2D eigenvalue weighted by Crippen LogP contribution is -2.40. The Labute approximate surface area is 219 Å². The first-order valence-corrected chi connectivity index (χ1v) is 13.3. The van der Waals surface area contributed by atoms with Crippen LogP contribution >= 0.6 is 0 Å². The lowest BCUT2D eigenvalue weighted by molar-refractivity contribution is -0.140. The fourth-order valence-electron chi connectivity index (χ4n) is 5.47. The average molecular weight is 510 g/mol. The summed E-state index contributed by atoms with van der Waals surface area (Å²) in [5, 5.41) is 11.5. The maximum atomic E-state index is 13.5. The summed E-state index contributed by atoms with van der Waals surface area (Å²) in [5.41, 5.74) is 3.90. The van der Waals surface area contributed by atoms with E-state index in [1.165, 1.54) is 6.42 Å². The Hall–Kier alpha value is -3.26. The number of aliphatic hydroxyl groups is 1. The summed E-state index contributed by atoms with van der Waals surface area (Å²) in [6.45, 7) is 11.3. The van der Waals surface area contributed by atoms with Crippen molar-refractivity contribution in [2.45, 2.75) is 59.4 Å². The van der Waals surface area contributed by atoms with E-state index in [2.05, 4.69) is 9.88 Å². The number of methoxy groups -OCH3 is 1. The lowest BCUT2D eigenvalue weighted by atomic mass is 9.94. The quantitative estimate of drug-likeness (QED) is 0.290. The van der Waals surface area contributed by atoms with E-state index in [9.17, 15) is 14.7 Å². The molecule has 37 heavy (non-hydrogen) atoms. The van der Waals surface area contributed by atoms with Crippen molar-refractivity contribution in [3.8, 4) is 11.5 Å². The number of aliphatic hydroxyl groups excluding tert-OH is 1. The molecule has 2 aromatic rings. The maximum absolute atomic E-state index is 13.5. The Kier molecular flexibility index (Phi) is 8.27. The highest BCUT2D eigenvalue weighted by atomic mass is 16.5. The van der Waals surface area contributed by atoms with Gasteiger partial charge in [0.25, 0.3) is 11.7 Å². The number of aromatic amines is 1. The molecule has 8 nitrogen and oxygen atoms in total. The summed E-state index contributed by atoms with van der Waals surface area (Å²) in [7, 11) is 1.57. The molecule has 0 aliphatic carbocycles. The first-order valence-electron chi connectivity index (χ1n) is 13.3. The number of nitrogens with zero attached hydrogens (tertiary/aromatic N) is 2. The second kappa shape index (κ2) is 11.4. The van der Waals surface area contributed by atoms with Gasteiger partial charge in [-0.25, -0.2) is 0 Å². The number of aromatic nitrogens is 1. The number of rotatable bonds is 9. The Bertz CT molecular complexity index is 1190. The van der Waals surface area contributed by atoms with Gasteiger partial charge in [-0.2, -0.15) is 0 Å². The van der Waals surface area contributed by atoms with Crippen molar-refractivity contribution >= 4 is 17.4 Å². The van der Waals surface area contributed by atoms with Crippen LogP contribution in [0.25, 0.3) is 5.76 Å². The smallest absolute Gasteiger partial charge is 0.295 e. The predicted molar refractivity (Wildman–Crippen MR) is 143 cm³/mol. The third-order valence-corrected chi connectivity index (χ3v) is 7.54. The monoisotopic (exact) mass is 509 g/mol. The molecule has 1 aromatic heterocycles. The van der Waals surface area contributed by atoms with Gasteiger partial charge in [0.2, 0.25) is 0 Å². The molecular weight excluding hydrogens is 470 g/mol. The van der Waals surface area contributed by atoms with Crippen LogP contribution in [0.4, 0.5) is 0 Å². The van der Waals surface area contributed by atoms with Crippen LogP contribution in [0.1, 0.15) is 66.7 Å². The van der Waals surface area contributed by atoms with Crippen molar-refractivity contribution in [3.63, 3.8) is 0 Å². The number of hydrogen-bond acceptors (Lipinski definition) is 6. The second-order valence-electron chi connectivity index (χ2n) is 10.0. The van der Waals surface area contributed by atoms with Crippen LogP contribution in [0.5, 0.6) is 11.5 Å². The number of piperidine rings is 1. The predicted octanol–water partition coefficient (Wildman–Crippen LogP) is 4.64. The number of benzene rings is 1. The van der Waals surface area contributed by atoms with Gasteiger partial charge in [0.05, 0.1) is 25.3 Å². The topological polar surface area (TPSA) is 95.1 Å². The van der Waals surface area contributed by atoms with E-state index < -0.39 is 17.7 Å². The molecular formula is C29H39N3O5. The van der Waals surface area contributed by atoms with Crippen molar-refractivity contribution in [2.75, 3.05) is 39.9 Å². The number of aryl methyl sites for hydroxylation is 2. The minimum atomic E-state index is -0.729. The Morgan fingerprint density at radius 3 is 2.41 bits per heavy atom. The summed E-state index contributed by atoms with van der Waals surface area (Å²) < 4.78 is 11.4. The molecule has 1 unspecified atom stereocenters. The molecule has 0 radical (unpaired) electrons. The molecule has 4 rings (SSSR count). The SMILES string of the molecule is CCCOc1ccc(C2/C(=C(\O)c3c(C)[nH]c(C)c3C)C(=O)C(=O)N2CCN2CCCCC2)cc1OC. The van der Waals surface area contributed by atoms with E-state index in [0.717, 1.165) is 49.3 Å². The lowest BCUT2D eigenvalue weighted by Gasteiger charge is -2.31. The number of ether oxygens (including phenoxy) is 2. The number of Topliss-reactive ketones (excluding diaryl/α,β-unsaturated/α-hetero) is 1. The molecule has 200 valence electrons. The Balaban J connectivity index is 1.80. The molecule has 2 fully saturated rings. The molecule has 2 N–H and O–H groups in total. The normalized spacial score (nSPS) is 20.0. The standard InChI is InChI=1S/C29H39N3O5/c1-6-16-37-22-11-10-21(17-23(22)36-5)26-25(27(33)24-18(2)19(3)30-20(24)4)28(34)29(35)32(26)15-14-31-12-8-7-9-13-31/h10-11,17,26,30,33H,6-9,12-16H2,1-5H3/b27-25+. The first kappa shape index (κ1) is 26.8. The van der Waals surface area contributed by atoms with Crippen LogP contribution in [0, 0.1) is 20.8 Å². The number of amides is 1. The number of carbonyl (C=O) groups excluding carboxylic acids is 2. The van der Waals surface area contributed by atoms with E-state index in [4.69, 9.17) is 9.47 Å². The van der Waals surface area contributed by atoms with Gasteiger partial charge in [-0.1, -0.05) is 19.4 Å². The second-order valence-corrected chi connectivity index (χ2v) is 10.0. The Morgan fingerprint density at radius 1 is 1.05 bits per heavy atom. The average Bonchev–Trinajstić information content (AvgIpc) is 3.31. The van der Waals surface area contributed by atoms with Gasteiger partial charge in [0, 0.05) is 30.0 Å². The summed E-state index contributed by atoms with van der Waals surface area (Å²) in [6, 6.07) is 4.75. The molecule has 1 aromatic carbocycles. The van der Waals surface area contributed by atoms with Gasteiger partial charge >= 0.3 is 0 Å². The minimum Gasteiger partial charge on any atom is -0.507 e. The largest absolute Gasteiger partial charge is 0.507 e. The molecule has 2 saturated heterocycles. The summed E-state index contributed by atoms with van der Waals surface area (Å²) >= 11 is 0. The third kappa shape index (κ3) is 5.25. The molecule has 0 spiro atoms. The number of nitrogens with one attached hydrogen (secondary N) is 1. The molecule has 0 saturated carbocycles. The fourth-order valence-corrected chi connectivity index (χ4v) is 5.47. The van der Waals surface area contributed by atoms with Crippen LogP contribution in [0.15, 0.2) is 23.8 Å². The third-order valence-electron chi connectivity index (χ3n) is 7.54. The summed E-state index contributed by atoms with van der Waals surface area (Å²) in [6.07, 6.45) is 4.37. The molecule has 3 heterocycles. The van der Waals surface area contributed by atoms with Crippen LogP contribution < -0.4 is 9.47 Å². The van der Waals surface area contributed by atoms with Gasteiger partial charge in [-0.05, 0) is 76.4 Å². The molecule has 2 aliphatic heterocycles. The molecule has 1 atom stereocenters. The maximum Gasteiger partial charge on any atom is 0.295 e. The highest BCUT2D eigenvalue weighted by Crippen LogP contribution is 2.43. The van der Waals surface area contributed by atoms with E-state index in [0.29, 0.717) is 42.3 Å². The summed E-state index contributed by atoms with van der Waals surface area (Å²) in [5.74, 6) is -0.266. The number of hydrogen-bond donors (Lipinski definition) is 2. The highest BCUT2D eigenvalue weighted by Gasteiger charge is 2.46. The highest BCUT2D eigenvalue weighted by molar-refractivity contribution is 6.46.